The van der Waals surface area contributed by atoms with Gasteiger partial charge in [-0.05, 0) is 24.1 Å². The highest BCUT2D eigenvalue weighted by molar-refractivity contribution is 7.89. The molecule has 0 aliphatic heterocycles. The molecule has 0 heterocycles. The van der Waals surface area contributed by atoms with Crippen LogP contribution in [-0.2, 0) is 25.7 Å². The lowest BCUT2D eigenvalue weighted by atomic mass is 10.1. The average Bonchev–Trinajstić information content (AvgIpc) is 2.43. The minimum Gasteiger partial charge on any atom is -0.468 e. The van der Waals surface area contributed by atoms with Crippen LogP contribution >= 0.6 is 0 Å². The van der Waals surface area contributed by atoms with Crippen LogP contribution in [0.3, 0.4) is 0 Å². The number of hydrogen-bond donors (Lipinski definition) is 1. The molecule has 0 aliphatic carbocycles. The van der Waals surface area contributed by atoms with E-state index in [2.05, 4.69) is 9.46 Å². The summed E-state index contributed by atoms with van der Waals surface area (Å²) in [6, 6.07) is 2.09. The van der Waals surface area contributed by atoms with E-state index in [1.165, 1.54) is 0 Å². The molecule has 0 spiro atoms. The van der Waals surface area contributed by atoms with E-state index < -0.39 is 44.6 Å². The molecule has 1 unspecified atom stereocenters. The van der Waals surface area contributed by atoms with Gasteiger partial charge >= 0.3 is 12.1 Å². The van der Waals surface area contributed by atoms with Gasteiger partial charge in [-0.2, -0.15) is 17.9 Å². The van der Waals surface area contributed by atoms with Gasteiger partial charge in [0, 0.05) is 0 Å². The third-order valence-electron chi connectivity index (χ3n) is 2.88. The maximum absolute atomic E-state index is 12.6. The van der Waals surface area contributed by atoms with E-state index in [-0.39, 0.29) is 0 Å². The van der Waals surface area contributed by atoms with E-state index in [9.17, 15) is 26.4 Å². The Kier molecular flexibility index (Phi) is 5.58. The van der Waals surface area contributed by atoms with Crippen LogP contribution in [0.4, 0.5) is 13.2 Å². The molecule has 1 atom stereocenters. The first-order valence-electron chi connectivity index (χ1n) is 6.26. The fraction of sp³-hybridized carbons (Fsp3) is 0.462. The second-order valence-corrected chi connectivity index (χ2v) is 6.61. The smallest absolute Gasteiger partial charge is 0.416 e. The highest BCUT2D eigenvalue weighted by Gasteiger charge is 2.33. The molecule has 0 saturated heterocycles. The Balaban J connectivity index is 3.16. The summed E-state index contributed by atoms with van der Waals surface area (Å²) in [7, 11) is -3.20. The number of hydrogen-bond acceptors (Lipinski definition) is 4. The van der Waals surface area contributed by atoms with Crippen molar-refractivity contribution in [1.82, 2.24) is 4.72 Å². The summed E-state index contributed by atoms with van der Waals surface area (Å²) in [6.07, 6.45) is -4.66. The van der Waals surface area contributed by atoms with E-state index in [1.807, 2.05) is 0 Å². The predicted octanol–water partition coefficient (Wildman–Crippen LogP) is 2.18. The first-order valence-corrected chi connectivity index (χ1v) is 7.74. The predicted molar refractivity (Wildman–Crippen MR) is 72.4 cm³/mol. The molecule has 0 aromatic heterocycles. The van der Waals surface area contributed by atoms with Crippen LogP contribution < -0.4 is 4.72 Å². The van der Waals surface area contributed by atoms with Crippen molar-refractivity contribution in [3.8, 4) is 0 Å². The lowest BCUT2D eigenvalue weighted by molar-refractivity contribution is -0.143. The number of alkyl halides is 3. The van der Waals surface area contributed by atoms with Gasteiger partial charge < -0.3 is 4.74 Å². The average molecular weight is 339 g/mol. The lowest BCUT2D eigenvalue weighted by Crippen LogP contribution is -2.44. The Bertz CT molecular complexity index is 641. The Morgan fingerprint density at radius 3 is 2.32 bits per heavy atom. The number of ether oxygens (including phenoxy) is 1. The summed E-state index contributed by atoms with van der Waals surface area (Å²) in [6.45, 7) is 3.16. The van der Waals surface area contributed by atoms with E-state index in [0.717, 1.165) is 25.3 Å². The molecule has 0 aliphatic rings. The molecule has 0 fully saturated rings. The molecular weight excluding hydrogens is 323 g/mol. The molecule has 1 aromatic carbocycles. The molecule has 22 heavy (non-hydrogen) atoms. The van der Waals surface area contributed by atoms with Gasteiger partial charge in [0.15, 0.2) is 0 Å². The standard InChI is InChI=1S/C13H16F3NO4S/c1-8(2)11(12(18)21-3)17-22(19,20)10-6-4-5-9(7-10)13(14,15)16/h4-8,11,17H,1-3H3. The van der Waals surface area contributed by atoms with Crippen molar-refractivity contribution in [3.05, 3.63) is 29.8 Å². The number of carbonyl (C=O) groups is 1. The quantitative estimate of drug-likeness (QED) is 0.835. The Morgan fingerprint density at radius 2 is 1.86 bits per heavy atom. The van der Waals surface area contributed by atoms with Crippen LogP contribution in [-0.4, -0.2) is 27.5 Å². The molecule has 1 rings (SSSR count). The van der Waals surface area contributed by atoms with Crippen molar-refractivity contribution in [2.24, 2.45) is 5.92 Å². The van der Waals surface area contributed by atoms with Crippen LogP contribution in [0.15, 0.2) is 29.2 Å². The Hall–Kier alpha value is -1.61. The minimum atomic E-state index is -4.66. The van der Waals surface area contributed by atoms with Crippen molar-refractivity contribution in [2.75, 3.05) is 7.11 Å². The summed E-state index contributed by atoms with van der Waals surface area (Å²) in [5, 5.41) is 0. The van der Waals surface area contributed by atoms with Crippen LogP contribution in [0.1, 0.15) is 19.4 Å². The number of esters is 1. The largest absolute Gasteiger partial charge is 0.468 e. The number of halogens is 3. The maximum atomic E-state index is 12.6. The molecule has 1 aromatic rings. The van der Waals surface area contributed by atoms with Gasteiger partial charge in [-0.3, -0.25) is 4.79 Å². The summed E-state index contributed by atoms with van der Waals surface area (Å²) in [5.41, 5.74) is -1.09. The highest BCUT2D eigenvalue weighted by Crippen LogP contribution is 2.30. The van der Waals surface area contributed by atoms with E-state index in [4.69, 9.17) is 0 Å². The monoisotopic (exact) mass is 339 g/mol. The molecule has 9 heteroatoms. The summed E-state index contributed by atoms with van der Waals surface area (Å²) >= 11 is 0. The first kappa shape index (κ1) is 18.4. The molecular formula is C13H16F3NO4S. The zero-order chi connectivity index (χ0) is 17.1. The Labute approximate surface area is 126 Å². The summed E-state index contributed by atoms with van der Waals surface area (Å²) < 4.78 is 68.8. The molecule has 124 valence electrons. The summed E-state index contributed by atoms with van der Waals surface area (Å²) in [5.74, 6) is -1.25. The molecule has 0 saturated carbocycles. The minimum absolute atomic E-state index is 0.437. The van der Waals surface area contributed by atoms with Gasteiger partial charge in [-0.25, -0.2) is 8.42 Å². The van der Waals surface area contributed by atoms with Crippen LogP contribution in [0.2, 0.25) is 0 Å². The number of nitrogens with one attached hydrogen (secondary N) is 1. The van der Waals surface area contributed by atoms with Crippen molar-refractivity contribution < 1.29 is 31.1 Å². The fourth-order valence-corrected chi connectivity index (χ4v) is 3.04. The van der Waals surface area contributed by atoms with Gasteiger partial charge in [0.1, 0.15) is 6.04 Å². The number of methoxy groups -OCH3 is 1. The van der Waals surface area contributed by atoms with Gasteiger partial charge in [0.25, 0.3) is 0 Å². The van der Waals surface area contributed by atoms with Crippen molar-refractivity contribution in [3.63, 3.8) is 0 Å². The normalized spacial score (nSPS) is 14.0. The summed E-state index contributed by atoms with van der Waals surface area (Å²) in [4.78, 5) is 11.0. The topological polar surface area (TPSA) is 72.5 Å². The van der Waals surface area contributed by atoms with E-state index >= 15 is 0 Å². The van der Waals surface area contributed by atoms with Crippen LogP contribution in [0.5, 0.6) is 0 Å². The number of benzene rings is 1. The SMILES string of the molecule is COC(=O)C(NS(=O)(=O)c1cccc(C(F)(F)F)c1)C(C)C. The first-order chi connectivity index (χ1) is 9.99. The van der Waals surface area contributed by atoms with Gasteiger partial charge in [-0.1, -0.05) is 19.9 Å². The van der Waals surface area contributed by atoms with Gasteiger partial charge in [-0.15, -0.1) is 0 Å². The lowest BCUT2D eigenvalue weighted by Gasteiger charge is -2.20. The zero-order valence-corrected chi connectivity index (χ0v) is 13.0. The third kappa shape index (κ3) is 4.44. The maximum Gasteiger partial charge on any atom is 0.416 e. The molecule has 0 amide bonds. The van der Waals surface area contributed by atoms with Crippen molar-refractivity contribution in [1.29, 1.82) is 0 Å². The third-order valence-corrected chi connectivity index (χ3v) is 4.31. The van der Waals surface area contributed by atoms with Crippen LogP contribution in [0.25, 0.3) is 0 Å². The second kappa shape index (κ2) is 6.66. The molecule has 0 radical (unpaired) electrons. The number of sulfonamides is 1. The number of rotatable bonds is 5. The van der Waals surface area contributed by atoms with Crippen molar-refractivity contribution >= 4 is 16.0 Å². The van der Waals surface area contributed by atoms with E-state index in [1.54, 1.807) is 13.8 Å². The highest BCUT2D eigenvalue weighted by atomic mass is 32.2. The molecule has 0 bridgehead atoms. The van der Waals surface area contributed by atoms with Gasteiger partial charge in [0.05, 0.1) is 17.6 Å². The Morgan fingerprint density at radius 1 is 1.27 bits per heavy atom. The van der Waals surface area contributed by atoms with E-state index in [0.29, 0.717) is 6.07 Å². The van der Waals surface area contributed by atoms with Crippen LogP contribution in [0, 0.1) is 5.92 Å². The zero-order valence-electron chi connectivity index (χ0n) is 12.1. The van der Waals surface area contributed by atoms with Gasteiger partial charge in [0.2, 0.25) is 10.0 Å². The second-order valence-electron chi connectivity index (χ2n) is 4.89. The number of carbonyl (C=O) groups excluding carboxylic acids is 1. The molecule has 1 N–H and O–H groups in total. The molecule has 5 nitrogen and oxygen atoms in total. The fourth-order valence-electron chi connectivity index (χ4n) is 1.66. The van der Waals surface area contributed by atoms with Crippen molar-refractivity contribution in [2.45, 2.75) is 31.0 Å².